The lowest BCUT2D eigenvalue weighted by Gasteiger charge is -2.39. The fraction of sp³-hybridized carbons (Fsp3) is 0.429. The molecular weight excluding hydrogens is 601 g/mol. The van der Waals surface area contributed by atoms with Crippen molar-refractivity contribution in [2.24, 2.45) is 0 Å². The molecular formula is C42H54O4S. The zero-order valence-electron chi connectivity index (χ0n) is 29.8. The van der Waals surface area contributed by atoms with Gasteiger partial charge in [-0.1, -0.05) is 83.5 Å². The van der Waals surface area contributed by atoms with Crippen LogP contribution < -0.4 is 9.47 Å². The zero-order valence-corrected chi connectivity index (χ0v) is 30.6. The van der Waals surface area contributed by atoms with Crippen molar-refractivity contribution in [1.29, 1.82) is 0 Å². The summed E-state index contributed by atoms with van der Waals surface area (Å²) in [5.74, 6) is 1.80. The molecule has 3 aromatic rings. The Labute approximate surface area is 284 Å². The third-order valence-corrected chi connectivity index (χ3v) is 11.5. The van der Waals surface area contributed by atoms with Gasteiger partial charge in [0.2, 0.25) is 0 Å². The van der Waals surface area contributed by atoms with Crippen molar-refractivity contribution in [1.82, 2.24) is 0 Å². The number of ether oxygens (including phenoxy) is 2. The van der Waals surface area contributed by atoms with Gasteiger partial charge in [-0.15, -0.1) is 0 Å². The fourth-order valence-corrected chi connectivity index (χ4v) is 8.35. The second-order valence-corrected chi connectivity index (χ2v) is 16.0. The second kappa shape index (κ2) is 16.0. The maximum absolute atomic E-state index is 14.2. The zero-order chi connectivity index (χ0) is 34.2. The van der Waals surface area contributed by atoms with E-state index in [2.05, 4.69) is 79.7 Å². The summed E-state index contributed by atoms with van der Waals surface area (Å²) in [5, 5.41) is -0.699. The van der Waals surface area contributed by atoms with E-state index in [1.54, 1.807) is 24.3 Å². The van der Waals surface area contributed by atoms with Crippen LogP contribution in [0.2, 0.25) is 0 Å². The highest BCUT2D eigenvalue weighted by molar-refractivity contribution is 7.92. The molecule has 1 aliphatic rings. The van der Waals surface area contributed by atoms with E-state index in [0.29, 0.717) is 17.9 Å². The standard InChI is InChI=1S/C42H54O4S/c1-30(2)17-15-18-31(3)19-16-20-32(4)27-38(47(43,44)37-23-13-10-14-24-37)28-42(8)26-25-39-35(7)40(33(5)34(6)41(39)46-42)45-29-36-21-11-9-12-22-36/h9-14,17,19,21-24,27,38H,15-16,18,20,25-26,28-29H2,1-8H3/b31-19+,32-27+/t38?,42-/m0/s1. The Kier molecular flexibility index (Phi) is 12.4. The maximum Gasteiger partial charge on any atom is 0.184 e. The molecule has 2 atom stereocenters. The van der Waals surface area contributed by atoms with Gasteiger partial charge in [0.1, 0.15) is 23.7 Å². The lowest BCUT2D eigenvalue weighted by Crippen LogP contribution is -2.42. The first-order valence-corrected chi connectivity index (χ1v) is 18.6. The number of rotatable bonds is 14. The van der Waals surface area contributed by atoms with E-state index >= 15 is 0 Å². The minimum absolute atomic E-state index is 0.354. The molecule has 47 heavy (non-hydrogen) atoms. The lowest BCUT2D eigenvalue weighted by molar-refractivity contribution is 0.0564. The minimum Gasteiger partial charge on any atom is -0.488 e. The van der Waals surface area contributed by atoms with E-state index in [1.165, 1.54) is 11.1 Å². The Hall–Kier alpha value is -3.57. The van der Waals surface area contributed by atoms with Gasteiger partial charge in [0.25, 0.3) is 0 Å². The van der Waals surface area contributed by atoms with Crippen LogP contribution in [0.4, 0.5) is 0 Å². The van der Waals surface area contributed by atoms with E-state index in [0.717, 1.165) is 83.4 Å². The number of hydrogen-bond donors (Lipinski definition) is 0. The van der Waals surface area contributed by atoms with Crippen molar-refractivity contribution < 1.29 is 17.9 Å². The highest BCUT2D eigenvalue weighted by Crippen LogP contribution is 2.45. The molecule has 0 radical (unpaired) electrons. The van der Waals surface area contributed by atoms with E-state index in [4.69, 9.17) is 9.47 Å². The number of fused-ring (bicyclic) bond motifs is 1. The molecule has 5 heteroatoms. The van der Waals surface area contributed by atoms with Crippen LogP contribution in [-0.4, -0.2) is 19.3 Å². The molecule has 0 bridgehead atoms. The van der Waals surface area contributed by atoms with Crippen LogP contribution in [0.3, 0.4) is 0 Å². The second-order valence-electron chi connectivity index (χ2n) is 13.9. The van der Waals surface area contributed by atoms with Crippen LogP contribution >= 0.6 is 0 Å². The van der Waals surface area contributed by atoms with Gasteiger partial charge >= 0.3 is 0 Å². The molecule has 1 aliphatic heterocycles. The number of allylic oxidation sites excluding steroid dienone is 5. The molecule has 1 heterocycles. The summed E-state index contributed by atoms with van der Waals surface area (Å²) in [7, 11) is -3.64. The highest BCUT2D eigenvalue weighted by Gasteiger charge is 2.40. The van der Waals surface area contributed by atoms with Crippen LogP contribution in [0.1, 0.15) is 101 Å². The van der Waals surface area contributed by atoms with Crippen LogP contribution in [0.15, 0.2) is 101 Å². The number of benzene rings is 3. The van der Waals surface area contributed by atoms with Gasteiger partial charge in [0, 0.05) is 12.0 Å². The molecule has 0 N–H and O–H groups in total. The average molecular weight is 655 g/mol. The van der Waals surface area contributed by atoms with E-state index < -0.39 is 20.7 Å². The summed E-state index contributed by atoms with van der Waals surface area (Å²) in [6.07, 6.45) is 12.3. The van der Waals surface area contributed by atoms with Crippen molar-refractivity contribution >= 4 is 9.84 Å². The first-order chi connectivity index (χ1) is 22.3. The van der Waals surface area contributed by atoms with E-state index in [1.807, 2.05) is 30.3 Å². The monoisotopic (exact) mass is 654 g/mol. The number of hydrogen-bond acceptors (Lipinski definition) is 4. The van der Waals surface area contributed by atoms with Crippen molar-refractivity contribution in [2.45, 2.75) is 123 Å². The topological polar surface area (TPSA) is 52.6 Å². The normalized spacial score (nSPS) is 17.4. The molecule has 0 saturated carbocycles. The minimum atomic E-state index is -3.64. The molecule has 0 aliphatic carbocycles. The Balaban J connectivity index is 1.57. The first-order valence-electron chi connectivity index (χ1n) is 17.0. The van der Waals surface area contributed by atoms with Gasteiger partial charge in [-0.25, -0.2) is 8.42 Å². The lowest BCUT2D eigenvalue weighted by atomic mass is 9.84. The van der Waals surface area contributed by atoms with Crippen molar-refractivity contribution in [3.63, 3.8) is 0 Å². The summed E-state index contributed by atoms with van der Waals surface area (Å²) >= 11 is 0. The Morgan fingerprint density at radius 2 is 1.47 bits per heavy atom. The van der Waals surface area contributed by atoms with E-state index in [-0.39, 0.29) is 0 Å². The molecule has 0 fully saturated rings. The summed E-state index contributed by atoms with van der Waals surface area (Å²) < 4.78 is 41.6. The molecule has 4 rings (SSSR count). The molecule has 0 spiro atoms. The highest BCUT2D eigenvalue weighted by atomic mass is 32.2. The van der Waals surface area contributed by atoms with Gasteiger partial charge in [-0.3, -0.25) is 0 Å². The maximum atomic E-state index is 14.2. The predicted molar refractivity (Wildman–Crippen MR) is 196 cm³/mol. The molecule has 3 aromatic carbocycles. The van der Waals surface area contributed by atoms with Crippen molar-refractivity contribution in [2.75, 3.05) is 0 Å². The summed E-state index contributed by atoms with van der Waals surface area (Å²) in [6, 6.07) is 19.1. The molecule has 4 nitrogen and oxygen atoms in total. The van der Waals surface area contributed by atoms with Gasteiger partial charge in [0.15, 0.2) is 9.84 Å². The molecule has 0 saturated heterocycles. The molecule has 0 aromatic heterocycles. The first kappa shape index (κ1) is 36.3. The van der Waals surface area contributed by atoms with Crippen LogP contribution in [0.25, 0.3) is 0 Å². The smallest absolute Gasteiger partial charge is 0.184 e. The fourth-order valence-electron chi connectivity index (χ4n) is 6.48. The summed E-state index contributed by atoms with van der Waals surface area (Å²) in [4.78, 5) is 0.354. The quantitative estimate of drug-likeness (QED) is 0.162. The van der Waals surface area contributed by atoms with Gasteiger partial charge < -0.3 is 9.47 Å². The summed E-state index contributed by atoms with van der Waals surface area (Å²) in [5.41, 5.74) is 8.68. The van der Waals surface area contributed by atoms with Crippen molar-refractivity contribution in [3.8, 4) is 11.5 Å². The molecule has 252 valence electrons. The van der Waals surface area contributed by atoms with Crippen LogP contribution in [0, 0.1) is 20.8 Å². The molecule has 0 amide bonds. The van der Waals surface area contributed by atoms with E-state index in [9.17, 15) is 8.42 Å². The van der Waals surface area contributed by atoms with Gasteiger partial charge in [-0.05, 0) is 128 Å². The average Bonchev–Trinajstić information content (AvgIpc) is 3.04. The Morgan fingerprint density at radius 1 is 0.851 bits per heavy atom. The Bertz CT molecular complexity index is 1710. The van der Waals surface area contributed by atoms with Crippen LogP contribution in [0.5, 0.6) is 11.5 Å². The molecule has 1 unspecified atom stereocenters. The van der Waals surface area contributed by atoms with Gasteiger partial charge in [-0.2, -0.15) is 0 Å². The summed E-state index contributed by atoms with van der Waals surface area (Å²) in [6.45, 7) is 17.4. The SMILES string of the molecule is CC(C)=CCC/C(C)=C/CC/C(C)=C/C(C[C@]1(C)CCc2c(C)c(OCc3ccccc3)c(C)c(C)c2O1)S(=O)(=O)c1ccccc1. The van der Waals surface area contributed by atoms with Gasteiger partial charge in [0.05, 0.1) is 10.1 Å². The third kappa shape index (κ3) is 9.50. The third-order valence-electron chi connectivity index (χ3n) is 9.49. The number of sulfone groups is 1. The largest absolute Gasteiger partial charge is 0.488 e. The predicted octanol–water partition coefficient (Wildman–Crippen LogP) is 10.9. The Morgan fingerprint density at radius 3 is 2.13 bits per heavy atom. The van der Waals surface area contributed by atoms with Crippen LogP contribution in [-0.2, 0) is 22.9 Å². The van der Waals surface area contributed by atoms with Crippen molar-refractivity contribution in [3.05, 3.63) is 123 Å².